The number of hydrogen-bond donors (Lipinski definition) is 1. The molecule has 2 aromatic heterocycles. The Bertz CT molecular complexity index is 733. The molecular weight excluding hydrogens is 364 g/mol. The molecule has 1 N–H and O–H groups in total. The lowest BCUT2D eigenvalue weighted by atomic mass is 9.97. The average molecular weight is 388 g/mol. The van der Waals surface area contributed by atoms with Gasteiger partial charge in [-0.15, -0.1) is 10.2 Å². The fraction of sp³-hybridized carbons (Fsp3) is 0.556. The van der Waals surface area contributed by atoms with Gasteiger partial charge in [0.15, 0.2) is 0 Å². The molecule has 4 rings (SSSR count). The molecule has 0 bridgehead atoms. The van der Waals surface area contributed by atoms with Crippen molar-refractivity contribution in [2.75, 3.05) is 56.2 Å². The van der Waals surface area contributed by atoms with Crippen molar-refractivity contribution in [1.82, 2.24) is 20.1 Å². The van der Waals surface area contributed by atoms with Crippen LogP contribution in [-0.4, -0.2) is 71.9 Å². The largest absolute Gasteiger partial charge is 0.379 e. The summed E-state index contributed by atoms with van der Waals surface area (Å²) >= 11 is 1.29. The van der Waals surface area contributed by atoms with Crippen LogP contribution in [0.3, 0.4) is 0 Å². The topological polar surface area (TPSA) is 83.5 Å². The molecule has 27 heavy (non-hydrogen) atoms. The number of morpholine rings is 1. The summed E-state index contributed by atoms with van der Waals surface area (Å²) < 4.78 is 5.44. The highest BCUT2D eigenvalue weighted by Gasteiger charge is 2.24. The fourth-order valence-electron chi connectivity index (χ4n) is 3.68. The number of piperidine rings is 1. The lowest BCUT2D eigenvalue weighted by molar-refractivity contribution is 0.0296. The van der Waals surface area contributed by atoms with Crippen molar-refractivity contribution in [3.05, 3.63) is 29.4 Å². The van der Waals surface area contributed by atoms with Crippen molar-refractivity contribution in [3.8, 4) is 0 Å². The second-order valence-electron chi connectivity index (χ2n) is 6.97. The third kappa shape index (κ3) is 4.79. The van der Waals surface area contributed by atoms with E-state index in [0.29, 0.717) is 16.6 Å². The zero-order valence-electron chi connectivity index (χ0n) is 15.2. The molecule has 8 nitrogen and oxygen atoms in total. The molecule has 144 valence electrons. The summed E-state index contributed by atoms with van der Waals surface area (Å²) in [4.78, 5) is 21.6. The maximum atomic E-state index is 12.2. The van der Waals surface area contributed by atoms with E-state index in [-0.39, 0.29) is 5.91 Å². The quantitative estimate of drug-likeness (QED) is 0.835. The molecule has 0 aromatic carbocycles. The van der Waals surface area contributed by atoms with Gasteiger partial charge in [0.2, 0.25) is 5.13 Å². The minimum Gasteiger partial charge on any atom is -0.379 e. The summed E-state index contributed by atoms with van der Waals surface area (Å²) in [5, 5.41) is 10.8. The highest BCUT2D eigenvalue weighted by Crippen LogP contribution is 2.23. The molecule has 1 unspecified atom stereocenters. The standard InChI is InChI=1S/C18H24N6O2S/c25-17(21-18-22-20-13-27-18)15-3-4-16(19-10-15)24-5-1-2-14(12-24)11-23-6-8-26-9-7-23/h3-4,10,13-14H,1-2,5-9,11-12H2,(H,21,22,25). The molecule has 4 heterocycles. The van der Waals surface area contributed by atoms with Crippen LogP contribution in [0, 0.1) is 5.92 Å². The van der Waals surface area contributed by atoms with Gasteiger partial charge >= 0.3 is 0 Å². The summed E-state index contributed by atoms with van der Waals surface area (Å²) in [6.45, 7) is 6.92. The van der Waals surface area contributed by atoms with Gasteiger partial charge in [-0.3, -0.25) is 15.0 Å². The highest BCUT2D eigenvalue weighted by molar-refractivity contribution is 7.13. The van der Waals surface area contributed by atoms with E-state index in [0.717, 1.165) is 51.8 Å². The number of aromatic nitrogens is 3. The number of amides is 1. The summed E-state index contributed by atoms with van der Waals surface area (Å²) in [7, 11) is 0. The van der Waals surface area contributed by atoms with Gasteiger partial charge in [0, 0.05) is 38.9 Å². The summed E-state index contributed by atoms with van der Waals surface area (Å²) in [6, 6.07) is 3.76. The molecule has 2 aliphatic rings. The number of carbonyl (C=O) groups is 1. The van der Waals surface area contributed by atoms with Crippen LogP contribution in [-0.2, 0) is 4.74 Å². The number of nitrogens with zero attached hydrogens (tertiary/aromatic N) is 5. The van der Waals surface area contributed by atoms with E-state index in [1.165, 1.54) is 24.2 Å². The molecule has 1 atom stereocenters. The highest BCUT2D eigenvalue weighted by atomic mass is 32.1. The minimum absolute atomic E-state index is 0.213. The number of hydrogen-bond acceptors (Lipinski definition) is 8. The zero-order chi connectivity index (χ0) is 18.5. The van der Waals surface area contributed by atoms with Crippen molar-refractivity contribution in [3.63, 3.8) is 0 Å². The molecule has 2 saturated heterocycles. The monoisotopic (exact) mass is 388 g/mol. The summed E-state index contributed by atoms with van der Waals surface area (Å²) in [5.41, 5.74) is 2.11. The first-order valence-electron chi connectivity index (χ1n) is 9.36. The van der Waals surface area contributed by atoms with Crippen LogP contribution in [0.25, 0.3) is 0 Å². The van der Waals surface area contributed by atoms with Gasteiger partial charge in [0.1, 0.15) is 11.3 Å². The van der Waals surface area contributed by atoms with Crippen LogP contribution < -0.4 is 10.2 Å². The van der Waals surface area contributed by atoms with Crippen LogP contribution >= 0.6 is 11.3 Å². The molecule has 2 aromatic rings. The van der Waals surface area contributed by atoms with Crippen LogP contribution in [0.5, 0.6) is 0 Å². The van der Waals surface area contributed by atoms with Crippen molar-refractivity contribution in [1.29, 1.82) is 0 Å². The van der Waals surface area contributed by atoms with E-state index in [1.807, 2.05) is 12.1 Å². The number of nitrogens with one attached hydrogen (secondary N) is 1. The maximum Gasteiger partial charge on any atom is 0.259 e. The fourth-order valence-corrected chi connectivity index (χ4v) is 4.12. The van der Waals surface area contributed by atoms with Gasteiger partial charge in [-0.25, -0.2) is 4.98 Å². The Labute approximate surface area is 162 Å². The predicted molar refractivity (Wildman–Crippen MR) is 104 cm³/mol. The molecule has 0 spiro atoms. The van der Waals surface area contributed by atoms with Crippen molar-refractivity contribution < 1.29 is 9.53 Å². The van der Waals surface area contributed by atoms with Crippen LogP contribution in [0.15, 0.2) is 23.8 Å². The van der Waals surface area contributed by atoms with E-state index >= 15 is 0 Å². The van der Waals surface area contributed by atoms with E-state index in [2.05, 4.69) is 30.3 Å². The molecule has 2 fully saturated rings. The zero-order valence-corrected chi connectivity index (χ0v) is 16.0. The third-order valence-electron chi connectivity index (χ3n) is 5.05. The lowest BCUT2D eigenvalue weighted by Gasteiger charge is -2.37. The molecule has 0 aliphatic carbocycles. The van der Waals surface area contributed by atoms with Gasteiger partial charge in [-0.05, 0) is 30.9 Å². The Morgan fingerprint density at radius 3 is 2.93 bits per heavy atom. The molecule has 0 radical (unpaired) electrons. The van der Waals surface area contributed by atoms with E-state index in [4.69, 9.17) is 4.74 Å². The second-order valence-corrected chi connectivity index (χ2v) is 7.80. The molecule has 0 saturated carbocycles. The number of rotatable bonds is 5. The van der Waals surface area contributed by atoms with Crippen LogP contribution in [0.2, 0.25) is 0 Å². The average Bonchev–Trinajstić information content (AvgIpc) is 3.22. The normalized spacial score (nSPS) is 21.2. The number of carbonyl (C=O) groups excluding carboxylic acids is 1. The Hall–Kier alpha value is -2.10. The summed E-state index contributed by atoms with van der Waals surface area (Å²) in [6.07, 6.45) is 4.07. The first-order valence-corrected chi connectivity index (χ1v) is 10.2. The Morgan fingerprint density at radius 2 is 2.19 bits per heavy atom. The molecule has 1 amide bonds. The van der Waals surface area contributed by atoms with Crippen molar-refractivity contribution >= 4 is 28.2 Å². The SMILES string of the molecule is O=C(Nc1nncs1)c1ccc(N2CCCC(CN3CCOCC3)C2)nc1. The predicted octanol–water partition coefficient (Wildman–Crippen LogP) is 1.73. The number of pyridine rings is 1. The third-order valence-corrected chi connectivity index (χ3v) is 5.66. The van der Waals surface area contributed by atoms with E-state index in [1.54, 1.807) is 11.7 Å². The Kier molecular flexibility index (Phi) is 5.90. The maximum absolute atomic E-state index is 12.2. The van der Waals surface area contributed by atoms with Gasteiger partial charge in [0.05, 0.1) is 18.8 Å². The van der Waals surface area contributed by atoms with Crippen molar-refractivity contribution in [2.24, 2.45) is 5.92 Å². The second kappa shape index (κ2) is 8.73. The number of ether oxygens (including phenoxy) is 1. The van der Waals surface area contributed by atoms with Gasteiger partial charge in [0.25, 0.3) is 5.91 Å². The van der Waals surface area contributed by atoms with Gasteiger partial charge in [-0.1, -0.05) is 11.3 Å². The minimum atomic E-state index is -0.213. The lowest BCUT2D eigenvalue weighted by Crippen LogP contribution is -2.44. The van der Waals surface area contributed by atoms with Gasteiger partial charge in [-0.2, -0.15) is 0 Å². The van der Waals surface area contributed by atoms with Crippen LogP contribution in [0.4, 0.5) is 10.9 Å². The summed E-state index contributed by atoms with van der Waals surface area (Å²) in [5.74, 6) is 1.38. The number of anilines is 2. The van der Waals surface area contributed by atoms with E-state index < -0.39 is 0 Å². The smallest absolute Gasteiger partial charge is 0.259 e. The molecule has 2 aliphatic heterocycles. The molecule has 9 heteroatoms. The van der Waals surface area contributed by atoms with Crippen molar-refractivity contribution in [2.45, 2.75) is 12.8 Å². The van der Waals surface area contributed by atoms with Crippen LogP contribution in [0.1, 0.15) is 23.2 Å². The Balaban J connectivity index is 1.34. The van der Waals surface area contributed by atoms with E-state index in [9.17, 15) is 4.79 Å². The molecular formula is C18H24N6O2S. The Morgan fingerprint density at radius 1 is 1.30 bits per heavy atom. The first-order chi connectivity index (χ1) is 13.3. The van der Waals surface area contributed by atoms with Gasteiger partial charge < -0.3 is 9.64 Å². The first kappa shape index (κ1) is 18.3.